The van der Waals surface area contributed by atoms with E-state index < -0.39 is 6.04 Å². The highest BCUT2D eigenvalue weighted by Gasteiger charge is 2.29. The van der Waals surface area contributed by atoms with E-state index in [0.717, 1.165) is 32.7 Å². The van der Waals surface area contributed by atoms with Gasteiger partial charge in [-0.05, 0) is 26.7 Å². The summed E-state index contributed by atoms with van der Waals surface area (Å²) in [7, 11) is 1.65. The number of amides is 1. The maximum Gasteiger partial charge on any atom is 0.236 e. The first kappa shape index (κ1) is 17.4. The van der Waals surface area contributed by atoms with Crippen molar-refractivity contribution >= 4 is 5.91 Å². The van der Waals surface area contributed by atoms with Gasteiger partial charge in [0.25, 0.3) is 0 Å². The molecule has 0 saturated carbocycles. The third kappa shape index (κ3) is 5.75. The van der Waals surface area contributed by atoms with Crippen LogP contribution < -0.4 is 11.1 Å². The van der Waals surface area contributed by atoms with E-state index in [4.69, 9.17) is 15.2 Å². The Morgan fingerprint density at radius 1 is 1.45 bits per heavy atom. The van der Waals surface area contributed by atoms with Crippen LogP contribution in [-0.4, -0.2) is 69.0 Å². The lowest BCUT2D eigenvalue weighted by atomic mass is 10.0. The second-order valence-electron chi connectivity index (χ2n) is 5.87. The van der Waals surface area contributed by atoms with Gasteiger partial charge < -0.3 is 20.5 Å². The van der Waals surface area contributed by atoms with E-state index >= 15 is 0 Å². The van der Waals surface area contributed by atoms with Crippen molar-refractivity contribution < 1.29 is 14.3 Å². The molecule has 1 fully saturated rings. The SMILES string of the molecule is COCCCC(N)C(=O)NCC(C)(C)N1CCOCC1. The largest absolute Gasteiger partial charge is 0.385 e. The maximum atomic E-state index is 11.9. The van der Waals surface area contributed by atoms with Crippen LogP contribution >= 0.6 is 0 Å². The first-order valence-electron chi connectivity index (χ1n) is 7.32. The predicted molar refractivity (Wildman–Crippen MR) is 78.6 cm³/mol. The summed E-state index contributed by atoms with van der Waals surface area (Å²) in [5.41, 5.74) is 5.79. The average molecular weight is 287 g/mol. The van der Waals surface area contributed by atoms with Crippen molar-refractivity contribution in [3.8, 4) is 0 Å². The summed E-state index contributed by atoms with van der Waals surface area (Å²) in [6, 6.07) is -0.453. The van der Waals surface area contributed by atoms with Gasteiger partial charge in [-0.15, -0.1) is 0 Å². The number of morpholine rings is 1. The molecule has 1 atom stereocenters. The molecule has 0 spiro atoms. The van der Waals surface area contributed by atoms with Gasteiger partial charge in [-0.1, -0.05) is 0 Å². The average Bonchev–Trinajstić information content (AvgIpc) is 2.46. The quantitative estimate of drug-likeness (QED) is 0.613. The van der Waals surface area contributed by atoms with Gasteiger partial charge in [-0.25, -0.2) is 0 Å². The van der Waals surface area contributed by atoms with Crippen molar-refractivity contribution in [1.29, 1.82) is 0 Å². The molecule has 1 saturated heterocycles. The number of hydrogen-bond acceptors (Lipinski definition) is 5. The fourth-order valence-corrected chi connectivity index (χ4v) is 2.29. The minimum Gasteiger partial charge on any atom is -0.385 e. The Bertz CT molecular complexity index is 291. The Morgan fingerprint density at radius 2 is 2.10 bits per heavy atom. The van der Waals surface area contributed by atoms with E-state index in [-0.39, 0.29) is 11.4 Å². The molecule has 1 unspecified atom stereocenters. The number of nitrogens with zero attached hydrogens (tertiary/aromatic N) is 1. The maximum absolute atomic E-state index is 11.9. The molecule has 1 amide bonds. The summed E-state index contributed by atoms with van der Waals surface area (Å²) in [6.07, 6.45) is 1.45. The number of hydrogen-bond donors (Lipinski definition) is 2. The zero-order chi connectivity index (χ0) is 15.0. The van der Waals surface area contributed by atoms with Crippen molar-refractivity contribution in [2.45, 2.75) is 38.3 Å². The van der Waals surface area contributed by atoms with E-state index in [9.17, 15) is 4.79 Å². The highest BCUT2D eigenvalue weighted by molar-refractivity contribution is 5.81. The van der Waals surface area contributed by atoms with Crippen molar-refractivity contribution in [2.24, 2.45) is 5.73 Å². The molecule has 3 N–H and O–H groups in total. The van der Waals surface area contributed by atoms with E-state index in [1.807, 2.05) is 0 Å². The number of carbonyl (C=O) groups is 1. The van der Waals surface area contributed by atoms with Gasteiger partial charge >= 0.3 is 0 Å². The number of nitrogens with one attached hydrogen (secondary N) is 1. The molecule has 118 valence electrons. The Labute approximate surface area is 122 Å². The highest BCUT2D eigenvalue weighted by atomic mass is 16.5. The monoisotopic (exact) mass is 287 g/mol. The van der Waals surface area contributed by atoms with E-state index in [0.29, 0.717) is 19.6 Å². The van der Waals surface area contributed by atoms with Crippen molar-refractivity contribution in [1.82, 2.24) is 10.2 Å². The molecule has 0 aromatic carbocycles. The summed E-state index contributed by atoms with van der Waals surface area (Å²) in [5, 5.41) is 2.96. The van der Waals surface area contributed by atoms with Crippen LogP contribution in [0.15, 0.2) is 0 Å². The molecule has 1 aliphatic rings. The minimum absolute atomic E-state index is 0.0777. The molecule has 6 nitrogen and oxygen atoms in total. The van der Waals surface area contributed by atoms with Crippen LogP contribution in [0.1, 0.15) is 26.7 Å². The van der Waals surface area contributed by atoms with Crippen LogP contribution in [0.2, 0.25) is 0 Å². The molecule has 1 aliphatic heterocycles. The molecule has 0 aliphatic carbocycles. The van der Waals surface area contributed by atoms with Crippen LogP contribution in [0.4, 0.5) is 0 Å². The topological polar surface area (TPSA) is 76.8 Å². The number of ether oxygens (including phenoxy) is 2. The smallest absolute Gasteiger partial charge is 0.236 e. The Kier molecular flexibility index (Phi) is 7.43. The van der Waals surface area contributed by atoms with Crippen molar-refractivity contribution in [2.75, 3.05) is 46.6 Å². The van der Waals surface area contributed by atoms with Gasteiger partial charge in [0, 0.05) is 38.9 Å². The second-order valence-corrected chi connectivity index (χ2v) is 5.87. The number of methoxy groups -OCH3 is 1. The normalized spacial score (nSPS) is 18.8. The first-order chi connectivity index (χ1) is 9.47. The molecule has 0 bridgehead atoms. The van der Waals surface area contributed by atoms with Gasteiger partial charge in [0.2, 0.25) is 5.91 Å². The summed E-state index contributed by atoms with van der Waals surface area (Å²) < 4.78 is 10.3. The fraction of sp³-hybridized carbons (Fsp3) is 0.929. The Morgan fingerprint density at radius 3 is 2.70 bits per heavy atom. The van der Waals surface area contributed by atoms with Crippen LogP contribution in [0.3, 0.4) is 0 Å². The lowest BCUT2D eigenvalue weighted by Crippen LogP contribution is -2.56. The number of carbonyl (C=O) groups excluding carboxylic acids is 1. The third-order valence-electron chi connectivity index (χ3n) is 3.76. The van der Waals surface area contributed by atoms with Gasteiger partial charge in [0.05, 0.1) is 19.3 Å². The van der Waals surface area contributed by atoms with Gasteiger partial charge in [-0.3, -0.25) is 9.69 Å². The van der Waals surface area contributed by atoms with Crippen LogP contribution in [0, 0.1) is 0 Å². The summed E-state index contributed by atoms with van der Waals surface area (Å²) >= 11 is 0. The molecular weight excluding hydrogens is 258 g/mol. The van der Waals surface area contributed by atoms with E-state index in [1.165, 1.54) is 0 Å². The molecule has 0 aromatic rings. The van der Waals surface area contributed by atoms with Crippen LogP contribution in [0.25, 0.3) is 0 Å². The standard InChI is InChI=1S/C14H29N3O3/c1-14(2,17-6-9-20-10-7-17)11-16-13(18)12(15)5-4-8-19-3/h12H,4-11,15H2,1-3H3,(H,16,18). The molecular formula is C14H29N3O3. The first-order valence-corrected chi connectivity index (χ1v) is 7.32. The number of rotatable bonds is 8. The number of nitrogens with two attached hydrogens (primary N) is 1. The van der Waals surface area contributed by atoms with Crippen LogP contribution in [0.5, 0.6) is 0 Å². The Hall–Kier alpha value is -0.690. The van der Waals surface area contributed by atoms with E-state index in [2.05, 4.69) is 24.1 Å². The summed E-state index contributed by atoms with van der Waals surface area (Å²) in [6.45, 7) is 8.83. The van der Waals surface area contributed by atoms with E-state index in [1.54, 1.807) is 7.11 Å². The fourth-order valence-electron chi connectivity index (χ4n) is 2.29. The predicted octanol–water partition coefficient (Wildman–Crippen LogP) is -0.0327. The van der Waals surface area contributed by atoms with Gasteiger partial charge in [0.1, 0.15) is 0 Å². The molecule has 20 heavy (non-hydrogen) atoms. The highest BCUT2D eigenvalue weighted by Crippen LogP contribution is 2.15. The zero-order valence-corrected chi connectivity index (χ0v) is 13.0. The lowest BCUT2D eigenvalue weighted by molar-refractivity contribution is -0.123. The third-order valence-corrected chi connectivity index (χ3v) is 3.76. The summed E-state index contributed by atoms with van der Waals surface area (Å²) in [4.78, 5) is 14.3. The molecule has 6 heteroatoms. The lowest BCUT2D eigenvalue weighted by Gasteiger charge is -2.41. The van der Waals surface area contributed by atoms with Crippen LogP contribution in [-0.2, 0) is 14.3 Å². The summed E-state index contributed by atoms with van der Waals surface area (Å²) in [5.74, 6) is -0.0811. The zero-order valence-electron chi connectivity index (χ0n) is 13.0. The molecule has 0 aromatic heterocycles. The second kappa shape index (κ2) is 8.56. The van der Waals surface area contributed by atoms with Crippen molar-refractivity contribution in [3.63, 3.8) is 0 Å². The Balaban J connectivity index is 2.30. The minimum atomic E-state index is -0.453. The van der Waals surface area contributed by atoms with Crippen molar-refractivity contribution in [3.05, 3.63) is 0 Å². The molecule has 0 radical (unpaired) electrons. The van der Waals surface area contributed by atoms with Gasteiger partial charge in [0.15, 0.2) is 0 Å². The molecule has 1 heterocycles. The molecule has 1 rings (SSSR count). The van der Waals surface area contributed by atoms with Gasteiger partial charge in [-0.2, -0.15) is 0 Å².